The second-order valence-electron chi connectivity index (χ2n) is 3.73. The highest BCUT2D eigenvalue weighted by atomic mass is 16.4. The van der Waals surface area contributed by atoms with Gasteiger partial charge >= 0.3 is 5.97 Å². The van der Waals surface area contributed by atoms with E-state index in [9.17, 15) is 9.59 Å². The molecule has 0 fully saturated rings. The van der Waals surface area contributed by atoms with Gasteiger partial charge in [-0.15, -0.1) is 0 Å². The van der Waals surface area contributed by atoms with Gasteiger partial charge in [-0.3, -0.25) is 9.59 Å². The number of rotatable bonds is 5. The molecule has 18 heavy (non-hydrogen) atoms. The first-order valence-corrected chi connectivity index (χ1v) is 5.67. The largest absolute Gasteiger partial charge is 0.481 e. The molecule has 1 aromatic carbocycles. The number of carbonyl (C=O) groups is 2. The minimum Gasteiger partial charge on any atom is -0.481 e. The zero-order valence-corrected chi connectivity index (χ0v) is 9.98. The molecular formula is C14H15NO3. The highest BCUT2D eigenvalue weighted by Gasteiger charge is 2.07. The zero-order chi connectivity index (χ0) is 13.4. The van der Waals surface area contributed by atoms with Gasteiger partial charge in [0.25, 0.3) is 0 Å². The summed E-state index contributed by atoms with van der Waals surface area (Å²) in [5, 5.41) is 8.49. The van der Waals surface area contributed by atoms with Crippen LogP contribution in [-0.4, -0.2) is 23.4 Å². The van der Waals surface area contributed by atoms with Crippen LogP contribution >= 0.6 is 0 Å². The van der Waals surface area contributed by atoms with Gasteiger partial charge in [-0.25, -0.2) is 0 Å². The van der Waals surface area contributed by atoms with E-state index in [-0.39, 0.29) is 18.6 Å². The van der Waals surface area contributed by atoms with Gasteiger partial charge < -0.3 is 10.8 Å². The second-order valence-corrected chi connectivity index (χ2v) is 3.73. The van der Waals surface area contributed by atoms with Crippen LogP contribution < -0.4 is 5.73 Å². The second kappa shape index (κ2) is 7.25. The molecule has 0 saturated heterocycles. The lowest BCUT2D eigenvalue weighted by molar-refractivity contribution is -0.136. The van der Waals surface area contributed by atoms with Crippen molar-refractivity contribution in [1.82, 2.24) is 0 Å². The zero-order valence-electron chi connectivity index (χ0n) is 9.98. The smallest absolute Gasteiger partial charge is 0.303 e. The predicted molar refractivity (Wildman–Crippen MR) is 68.2 cm³/mol. The first-order chi connectivity index (χ1) is 8.63. The van der Waals surface area contributed by atoms with Crippen molar-refractivity contribution >= 4 is 11.8 Å². The molecule has 0 saturated carbocycles. The lowest BCUT2D eigenvalue weighted by atomic mass is 10.0. The molecule has 0 heterocycles. The molecule has 0 aliphatic carbocycles. The third kappa shape index (κ3) is 4.81. The van der Waals surface area contributed by atoms with Crippen molar-refractivity contribution in [3.05, 3.63) is 35.4 Å². The molecule has 94 valence electrons. The third-order valence-corrected chi connectivity index (χ3v) is 2.27. The Kier molecular flexibility index (Phi) is 5.62. The number of hydrogen-bond donors (Lipinski definition) is 2. The molecule has 0 aliphatic rings. The predicted octanol–water partition coefficient (Wildman–Crippen LogP) is 1.43. The molecule has 0 atom stereocenters. The Bertz CT molecular complexity index is 480. The maximum absolute atomic E-state index is 11.6. The molecule has 0 aliphatic heterocycles. The summed E-state index contributed by atoms with van der Waals surface area (Å²) in [6.45, 7) is 0.527. The third-order valence-electron chi connectivity index (χ3n) is 2.27. The van der Waals surface area contributed by atoms with Crippen LogP contribution in [0.4, 0.5) is 0 Å². The van der Waals surface area contributed by atoms with Gasteiger partial charge in [0.05, 0.1) is 6.42 Å². The number of aliphatic carboxylic acids is 1. The van der Waals surface area contributed by atoms with Crippen molar-refractivity contribution in [3.63, 3.8) is 0 Å². The molecule has 0 amide bonds. The van der Waals surface area contributed by atoms with E-state index in [1.54, 1.807) is 24.3 Å². The van der Waals surface area contributed by atoms with E-state index in [1.165, 1.54) is 0 Å². The molecular weight excluding hydrogens is 230 g/mol. The standard InChI is InChI=1S/C14H15NO3/c15-10-2-1-3-11-4-6-12(7-5-11)13(16)8-9-14(17)18/h4-7H,2,8-10,15H2,(H,17,18). The molecule has 0 radical (unpaired) electrons. The first kappa shape index (κ1) is 13.9. The number of carboxylic acids is 1. The number of nitrogens with two attached hydrogens (primary N) is 1. The van der Waals surface area contributed by atoms with Gasteiger partial charge in [-0.1, -0.05) is 24.0 Å². The minimum absolute atomic E-state index is 0.0214. The molecule has 3 N–H and O–H groups in total. The van der Waals surface area contributed by atoms with Crippen molar-refractivity contribution in [2.75, 3.05) is 6.54 Å². The molecule has 1 rings (SSSR count). The van der Waals surface area contributed by atoms with E-state index in [1.807, 2.05) is 0 Å². The molecule has 0 aromatic heterocycles. The Hall–Kier alpha value is -2.12. The molecule has 1 aromatic rings. The minimum atomic E-state index is -0.965. The topological polar surface area (TPSA) is 80.4 Å². The highest BCUT2D eigenvalue weighted by molar-refractivity contribution is 5.97. The Morgan fingerprint density at radius 3 is 2.39 bits per heavy atom. The van der Waals surface area contributed by atoms with Gasteiger partial charge in [0.2, 0.25) is 0 Å². The Labute approximate surface area is 106 Å². The summed E-state index contributed by atoms with van der Waals surface area (Å²) < 4.78 is 0. The van der Waals surface area contributed by atoms with E-state index < -0.39 is 5.97 Å². The van der Waals surface area contributed by atoms with Crippen LogP contribution in [0.5, 0.6) is 0 Å². The van der Waals surface area contributed by atoms with Gasteiger partial charge in [0.15, 0.2) is 5.78 Å². The summed E-state index contributed by atoms with van der Waals surface area (Å²) >= 11 is 0. The van der Waals surface area contributed by atoms with Crippen molar-refractivity contribution in [2.45, 2.75) is 19.3 Å². The van der Waals surface area contributed by atoms with E-state index in [2.05, 4.69) is 11.8 Å². The molecule has 4 nitrogen and oxygen atoms in total. The monoisotopic (exact) mass is 245 g/mol. The fourth-order valence-electron chi connectivity index (χ4n) is 1.34. The highest BCUT2D eigenvalue weighted by Crippen LogP contribution is 2.07. The van der Waals surface area contributed by atoms with Crippen LogP contribution in [0.25, 0.3) is 0 Å². The lowest BCUT2D eigenvalue weighted by Crippen LogP contribution is -2.03. The molecule has 0 bridgehead atoms. The van der Waals surface area contributed by atoms with Gasteiger partial charge in [-0.2, -0.15) is 0 Å². The van der Waals surface area contributed by atoms with E-state index in [0.29, 0.717) is 18.5 Å². The number of hydrogen-bond acceptors (Lipinski definition) is 3. The van der Waals surface area contributed by atoms with Crippen molar-refractivity contribution in [1.29, 1.82) is 0 Å². The number of Topliss-reactive ketones (excluding diaryl/α,β-unsaturated/α-hetero) is 1. The maximum Gasteiger partial charge on any atom is 0.303 e. The summed E-state index contributed by atoms with van der Waals surface area (Å²) in [5.74, 6) is 4.70. The normalized spacial score (nSPS) is 9.39. The lowest BCUT2D eigenvalue weighted by Gasteiger charge is -1.99. The Morgan fingerprint density at radius 2 is 1.83 bits per heavy atom. The molecule has 4 heteroatoms. The van der Waals surface area contributed by atoms with Crippen molar-refractivity contribution in [3.8, 4) is 11.8 Å². The molecule has 0 unspecified atom stereocenters. The fraction of sp³-hybridized carbons (Fsp3) is 0.286. The summed E-state index contributed by atoms with van der Waals surface area (Å²) in [6, 6.07) is 6.82. The van der Waals surface area contributed by atoms with Gasteiger partial charge in [0, 0.05) is 30.5 Å². The maximum atomic E-state index is 11.6. The number of benzene rings is 1. The van der Waals surface area contributed by atoms with E-state index >= 15 is 0 Å². The average molecular weight is 245 g/mol. The van der Waals surface area contributed by atoms with Crippen LogP contribution in [0.15, 0.2) is 24.3 Å². The van der Waals surface area contributed by atoms with Crippen LogP contribution in [0, 0.1) is 11.8 Å². The summed E-state index contributed by atoms with van der Waals surface area (Å²) in [4.78, 5) is 22.0. The quantitative estimate of drug-likeness (QED) is 0.607. The summed E-state index contributed by atoms with van der Waals surface area (Å²) in [5.41, 5.74) is 6.65. The SMILES string of the molecule is NCCC#Cc1ccc(C(=O)CCC(=O)O)cc1. The Morgan fingerprint density at radius 1 is 1.17 bits per heavy atom. The Balaban J connectivity index is 2.63. The molecule has 0 spiro atoms. The number of carbonyl (C=O) groups excluding carboxylic acids is 1. The number of ketones is 1. The van der Waals surface area contributed by atoms with Gasteiger partial charge in [0.1, 0.15) is 0 Å². The van der Waals surface area contributed by atoms with Gasteiger partial charge in [-0.05, 0) is 12.1 Å². The average Bonchev–Trinajstić information content (AvgIpc) is 2.37. The van der Waals surface area contributed by atoms with Crippen LogP contribution in [-0.2, 0) is 4.79 Å². The summed E-state index contributed by atoms with van der Waals surface area (Å²) in [7, 11) is 0. The first-order valence-electron chi connectivity index (χ1n) is 5.67. The number of carboxylic acid groups (broad SMARTS) is 1. The van der Waals surface area contributed by atoms with E-state index in [0.717, 1.165) is 5.56 Å². The van der Waals surface area contributed by atoms with Crippen LogP contribution in [0.2, 0.25) is 0 Å². The van der Waals surface area contributed by atoms with Crippen molar-refractivity contribution < 1.29 is 14.7 Å². The van der Waals surface area contributed by atoms with Crippen LogP contribution in [0.3, 0.4) is 0 Å². The summed E-state index contributed by atoms with van der Waals surface area (Å²) in [6.07, 6.45) is 0.518. The van der Waals surface area contributed by atoms with Crippen molar-refractivity contribution in [2.24, 2.45) is 5.73 Å². The van der Waals surface area contributed by atoms with Crippen LogP contribution in [0.1, 0.15) is 35.2 Å². The fourth-order valence-corrected chi connectivity index (χ4v) is 1.34. The van der Waals surface area contributed by atoms with E-state index in [4.69, 9.17) is 10.8 Å².